The summed E-state index contributed by atoms with van der Waals surface area (Å²) in [6.07, 6.45) is 2.19. The van der Waals surface area contributed by atoms with Crippen LogP contribution in [0, 0.1) is 11.3 Å². The quantitative estimate of drug-likeness (QED) is 0.738. The minimum absolute atomic E-state index is 0.383. The molecule has 0 unspecified atom stereocenters. The minimum Gasteiger partial charge on any atom is -0.354 e. The van der Waals surface area contributed by atoms with E-state index in [9.17, 15) is 8.42 Å². The Hall–Kier alpha value is -1.95. The highest BCUT2D eigenvalue weighted by Crippen LogP contribution is 2.26. The SMILES string of the molecule is CCc1cc(Br)ccc1S(=O)(=O)N1CCN(c2ccc(C#N)cn2)CC1. The lowest BCUT2D eigenvalue weighted by molar-refractivity contribution is 0.383. The molecular weight excluding hydrogens is 416 g/mol. The van der Waals surface area contributed by atoms with Crippen LogP contribution in [-0.2, 0) is 16.4 Å². The van der Waals surface area contributed by atoms with E-state index in [1.807, 2.05) is 24.0 Å². The second kappa shape index (κ2) is 7.74. The van der Waals surface area contributed by atoms with Crippen molar-refractivity contribution in [1.29, 1.82) is 5.26 Å². The summed E-state index contributed by atoms with van der Waals surface area (Å²) in [5.74, 6) is 0.763. The average molecular weight is 435 g/mol. The van der Waals surface area contributed by atoms with E-state index in [0.29, 0.717) is 43.1 Å². The van der Waals surface area contributed by atoms with Gasteiger partial charge in [0.15, 0.2) is 0 Å². The highest BCUT2D eigenvalue weighted by Gasteiger charge is 2.30. The fourth-order valence-corrected chi connectivity index (χ4v) is 5.12. The van der Waals surface area contributed by atoms with Gasteiger partial charge < -0.3 is 4.90 Å². The molecule has 0 N–H and O–H groups in total. The molecule has 26 heavy (non-hydrogen) atoms. The molecule has 0 aliphatic carbocycles. The molecule has 0 spiro atoms. The number of nitriles is 1. The van der Waals surface area contributed by atoms with Gasteiger partial charge in [-0.25, -0.2) is 13.4 Å². The third-order valence-electron chi connectivity index (χ3n) is 4.46. The summed E-state index contributed by atoms with van der Waals surface area (Å²) >= 11 is 3.40. The summed E-state index contributed by atoms with van der Waals surface area (Å²) in [5.41, 5.74) is 1.33. The fourth-order valence-electron chi connectivity index (χ4n) is 3.01. The van der Waals surface area contributed by atoms with Crippen LogP contribution < -0.4 is 4.90 Å². The molecule has 1 aromatic carbocycles. The average Bonchev–Trinajstić information content (AvgIpc) is 2.68. The van der Waals surface area contributed by atoms with Crippen LogP contribution in [0.1, 0.15) is 18.1 Å². The van der Waals surface area contributed by atoms with Gasteiger partial charge in [-0.15, -0.1) is 0 Å². The van der Waals surface area contributed by atoms with E-state index in [1.165, 1.54) is 10.5 Å². The predicted octanol–water partition coefficient (Wildman–Crippen LogP) is 2.79. The molecule has 0 bridgehead atoms. The number of pyridine rings is 1. The number of aromatic nitrogens is 1. The molecule has 1 aliphatic heterocycles. The van der Waals surface area contributed by atoms with E-state index >= 15 is 0 Å². The van der Waals surface area contributed by atoms with E-state index in [2.05, 4.69) is 20.9 Å². The molecule has 1 fully saturated rings. The van der Waals surface area contributed by atoms with Crippen molar-refractivity contribution >= 4 is 31.8 Å². The number of sulfonamides is 1. The van der Waals surface area contributed by atoms with Crippen molar-refractivity contribution in [3.8, 4) is 6.07 Å². The van der Waals surface area contributed by atoms with Crippen LogP contribution in [0.5, 0.6) is 0 Å². The predicted molar refractivity (Wildman–Crippen MR) is 103 cm³/mol. The van der Waals surface area contributed by atoms with E-state index < -0.39 is 10.0 Å². The second-order valence-electron chi connectivity index (χ2n) is 6.01. The van der Waals surface area contributed by atoms with Crippen molar-refractivity contribution in [1.82, 2.24) is 9.29 Å². The Morgan fingerprint density at radius 1 is 1.19 bits per heavy atom. The smallest absolute Gasteiger partial charge is 0.243 e. The van der Waals surface area contributed by atoms with Crippen LogP contribution in [0.2, 0.25) is 0 Å². The molecule has 0 amide bonds. The first-order chi connectivity index (χ1) is 12.5. The van der Waals surface area contributed by atoms with Crippen LogP contribution in [0.15, 0.2) is 45.9 Å². The summed E-state index contributed by atoms with van der Waals surface area (Å²) in [5, 5.41) is 8.85. The number of hydrogen-bond acceptors (Lipinski definition) is 5. The van der Waals surface area contributed by atoms with Gasteiger partial charge in [0.1, 0.15) is 11.9 Å². The first kappa shape index (κ1) is 18.8. The Morgan fingerprint density at radius 2 is 1.92 bits per heavy atom. The first-order valence-corrected chi connectivity index (χ1v) is 10.6. The van der Waals surface area contributed by atoms with Crippen LogP contribution in [0.3, 0.4) is 0 Å². The Bertz CT molecular complexity index is 931. The third kappa shape index (κ3) is 3.75. The molecule has 0 saturated carbocycles. The van der Waals surface area contributed by atoms with Gasteiger partial charge in [-0.05, 0) is 42.3 Å². The van der Waals surface area contributed by atoms with E-state index in [0.717, 1.165) is 15.9 Å². The van der Waals surface area contributed by atoms with Crippen LogP contribution in [-0.4, -0.2) is 43.9 Å². The molecule has 0 radical (unpaired) electrons. The number of anilines is 1. The molecule has 1 aromatic heterocycles. The van der Waals surface area contributed by atoms with Gasteiger partial charge in [0.05, 0.1) is 10.5 Å². The summed E-state index contributed by atoms with van der Waals surface area (Å²) in [6, 6.07) is 10.9. The maximum atomic E-state index is 13.0. The topological polar surface area (TPSA) is 77.3 Å². The lowest BCUT2D eigenvalue weighted by Gasteiger charge is -2.35. The fraction of sp³-hybridized carbons (Fsp3) is 0.333. The zero-order valence-corrected chi connectivity index (χ0v) is 16.8. The number of hydrogen-bond donors (Lipinski definition) is 0. The molecular formula is C18H19BrN4O2S. The standard InChI is InChI=1S/C18H19BrN4O2S/c1-2-15-11-16(19)4-5-17(15)26(24,25)23-9-7-22(8-10-23)18-6-3-14(12-20)13-21-18/h3-6,11,13H,2,7-10H2,1H3. The van der Waals surface area contributed by atoms with Crippen molar-refractivity contribution in [2.24, 2.45) is 0 Å². The van der Waals surface area contributed by atoms with Gasteiger partial charge in [-0.2, -0.15) is 9.57 Å². The molecule has 6 nitrogen and oxygen atoms in total. The molecule has 1 aliphatic rings. The normalized spacial score (nSPS) is 15.7. The summed E-state index contributed by atoms with van der Waals surface area (Å²) < 4.78 is 28.5. The Labute approximate surface area is 162 Å². The number of rotatable bonds is 4. The summed E-state index contributed by atoms with van der Waals surface area (Å²) in [7, 11) is -3.52. The molecule has 8 heteroatoms. The maximum absolute atomic E-state index is 13.0. The molecule has 2 aromatic rings. The Morgan fingerprint density at radius 3 is 2.50 bits per heavy atom. The zero-order chi connectivity index (χ0) is 18.7. The molecule has 1 saturated heterocycles. The van der Waals surface area contributed by atoms with Crippen LogP contribution in [0.4, 0.5) is 5.82 Å². The number of nitrogens with zero attached hydrogens (tertiary/aromatic N) is 4. The largest absolute Gasteiger partial charge is 0.354 e. The minimum atomic E-state index is -3.52. The van der Waals surface area contributed by atoms with Gasteiger partial charge in [0, 0.05) is 36.8 Å². The first-order valence-electron chi connectivity index (χ1n) is 8.35. The van der Waals surface area contributed by atoms with Gasteiger partial charge in [-0.1, -0.05) is 22.9 Å². The molecule has 136 valence electrons. The maximum Gasteiger partial charge on any atom is 0.243 e. The van der Waals surface area contributed by atoms with Crippen LogP contribution >= 0.6 is 15.9 Å². The van der Waals surface area contributed by atoms with Crippen molar-refractivity contribution in [2.45, 2.75) is 18.2 Å². The molecule has 2 heterocycles. The van der Waals surface area contributed by atoms with E-state index in [-0.39, 0.29) is 0 Å². The van der Waals surface area contributed by atoms with Gasteiger partial charge in [0.25, 0.3) is 0 Å². The second-order valence-corrected chi connectivity index (χ2v) is 8.84. The summed E-state index contributed by atoms with van der Waals surface area (Å²) in [6.45, 7) is 3.90. The van der Waals surface area contributed by atoms with E-state index in [1.54, 1.807) is 24.3 Å². The van der Waals surface area contributed by atoms with Crippen molar-refractivity contribution < 1.29 is 8.42 Å². The zero-order valence-electron chi connectivity index (χ0n) is 14.4. The van der Waals surface area contributed by atoms with E-state index in [4.69, 9.17) is 5.26 Å². The van der Waals surface area contributed by atoms with Gasteiger partial charge in [-0.3, -0.25) is 0 Å². The van der Waals surface area contributed by atoms with Crippen molar-refractivity contribution in [2.75, 3.05) is 31.1 Å². The van der Waals surface area contributed by atoms with Crippen LogP contribution in [0.25, 0.3) is 0 Å². The number of halogens is 1. The highest BCUT2D eigenvalue weighted by molar-refractivity contribution is 9.10. The third-order valence-corrected chi connectivity index (χ3v) is 6.95. The monoisotopic (exact) mass is 434 g/mol. The molecule has 3 rings (SSSR count). The van der Waals surface area contributed by atoms with Crippen molar-refractivity contribution in [3.05, 3.63) is 52.1 Å². The lowest BCUT2D eigenvalue weighted by Crippen LogP contribution is -2.49. The lowest BCUT2D eigenvalue weighted by atomic mass is 10.2. The molecule has 0 atom stereocenters. The number of benzene rings is 1. The Balaban J connectivity index is 1.75. The Kier molecular flexibility index (Phi) is 5.61. The number of aryl methyl sites for hydroxylation is 1. The van der Waals surface area contributed by atoms with Gasteiger partial charge in [0.2, 0.25) is 10.0 Å². The highest BCUT2D eigenvalue weighted by atomic mass is 79.9. The van der Waals surface area contributed by atoms with Gasteiger partial charge >= 0.3 is 0 Å². The van der Waals surface area contributed by atoms with Crippen molar-refractivity contribution in [3.63, 3.8) is 0 Å². The number of piperazine rings is 1. The summed E-state index contributed by atoms with van der Waals surface area (Å²) in [4.78, 5) is 6.71.